The van der Waals surface area contributed by atoms with Crippen molar-refractivity contribution in [1.29, 1.82) is 0 Å². The Kier molecular flexibility index (Phi) is 5.00. The summed E-state index contributed by atoms with van der Waals surface area (Å²) >= 11 is 0. The van der Waals surface area contributed by atoms with Crippen LogP contribution in [0.5, 0.6) is 0 Å². The average Bonchev–Trinajstić information content (AvgIpc) is 2.47. The van der Waals surface area contributed by atoms with Crippen LogP contribution in [-0.2, 0) is 14.8 Å². The van der Waals surface area contributed by atoms with Crippen LogP contribution in [0.3, 0.4) is 0 Å². The molecule has 0 saturated carbocycles. The van der Waals surface area contributed by atoms with Gasteiger partial charge in [-0.25, -0.2) is 8.42 Å². The second-order valence-corrected chi connectivity index (χ2v) is 7.25. The summed E-state index contributed by atoms with van der Waals surface area (Å²) in [6.45, 7) is 4.32. The Morgan fingerprint density at radius 2 is 1.95 bits per heavy atom. The molecule has 0 aliphatic carbocycles. The third-order valence-electron chi connectivity index (χ3n) is 3.84. The van der Waals surface area contributed by atoms with E-state index in [1.165, 1.54) is 12.1 Å². The molecule has 0 aromatic heterocycles. The first-order valence-electron chi connectivity index (χ1n) is 7.29. The first-order chi connectivity index (χ1) is 9.92. The third kappa shape index (κ3) is 3.83. The van der Waals surface area contributed by atoms with Gasteiger partial charge in [0.25, 0.3) is 0 Å². The zero-order valence-corrected chi connectivity index (χ0v) is 13.3. The SMILES string of the molecule is CC(NS(=O)(=O)c1ccccc1)C(=O)N1CCCCC1C. The van der Waals surface area contributed by atoms with Gasteiger partial charge < -0.3 is 4.90 Å². The van der Waals surface area contributed by atoms with Crippen LogP contribution in [0.15, 0.2) is 35.2 Å². The van der Waals surface area contributed by atoms with Gasteiger partial charge in [-0.15, -0.1) is 0 Å². The van der Waals surface area contributed by atoms with Gasteiger partial charge in [-0.1, -0.05) is 18.2 Å². The Balaban J connectivity index is 2.07. The number of sulfonamides is 1. The topological polar surface area (TPSA) is 66.5 Å². The van der Waals surface area contributed by atoms with Crippen molar-refractivity contribution in [3.8, 4) is 0 Å². The summed E-state index contributed by atoms with van der Waals surface area (Å²) in [7, 11) is -3.66. The van der Waals surface area contributed by atoms with Gasteiger partial charge in [0.15, 0.2) is 0 Å². The summed E-state index contributed by atoms with van der Waals surface area (Å²) < 4.78 is 26.9. The molecule has 5 nitrogen and oxygen atoms in total. The maximum absolute atomic E-state index is 12.4. The number of rotatable bonds is 4. The molecule has 2 atom stereocenters. The van der Waals surface area contributed by atoms with E-state index in [9.17, 15) is 13.2 Å². The third-order valence-corrected chi connectivity index (χ3v) is 5.40. The highest BCUT2D eigenvalue weighted by Gasteiger charge is 2.29. The van der Waals surface area contributed by atoms with Crippen molar-refractivity contribution in [3.05, 3.63) is 30.3 Å². The van der Waals surface area contributed by atoms with Gasteiger partial charge in [0.2, 0.25) is 15.9 Å². The second kappa shape index (κ2) is 6.58. The van der Waals surface area contributed by atoms with Crippen molar-refractivity contribution in [2.75, 3.05) is 6.54 Å². The maximum atomic E-state index is 12.4. The van der Waals surface area contributed by atoms with Gasteiger partial charge >= 0.3 is 0 Å². The highest BCUT2D eigenvalue weighted by atomic mass is 32.2. The van der Waals surface area contributed by atoms with E-state index < -0.39 is 16.1 Å². The number of hydrogen-bond donors (Lipinski definition) is 1. The highest BCUT2D eigenvalue weighted by molar-refractivity contribution is 7.89. The molecular weight excluding hydrogens is 288 g/mol. The first-order valence-corrected chi connectivity index (χ1v) is 8.78. The van der Waals surface area contributed by atoms with Gasteiger partial charge in [-0.05, 0) is 45.2 Å². The number of carbonyl (C=O) groups is 1. The molecule has 0 bridgehead atoms. The predicted molar refractivity (Wildman–Crippen MR) is 81.3 cm³/mol. The van der Waals surface area contributed by atoms with Crippen molar-refractivity contribution >= 4 is 15.9 Å². The Morgan fingerprint density at radius 3 is 2.57 bits per heavy atom. The van der Waals surface area contributed by atoms with E-state index in [2.05, 4.69) is 4.72 Å². The Bertz CT molecular complexity index is 586. The molecule has 1 heterocycles. The molecule has 2 unspecified atom stereocenters. The molecule has 1 fully saturated rings. The quantitative estimate of drug-likeness (QED) is 0.921. The lowest BCUT2D eigenvalue weighted by molar-refractivity contribution is -0.135. The van der Waals surface area contributed by atoms with Crippen LogP contribution >= 0.6 is 0 Å². The van der Waals surface area contributed by atoms with Crippen molar-refractivity contribution in [2.45, 2.75) is 50.1 Å². The average molecular weight is 310 g/mol. The monoisotopic (exact) mass is 310 g/mol. The molecule has 21 heavy (non-hydrogen) atoms. The zero-order valence-electron chi connectivity index (χ0n) is 12.5. The van der Waals surface area contributed by atoms with E-state index in [-0.39, 0.29) is 16.8 Å². The fraction of sp³-hybridized carbons (Fsp3) is 0.533. The first kappa shape index (κ1) is 16.0. The van der Waals surface area contributed by atoms with E-state index >= 15 is 0 Å². The van der Waals surface area contributed by atoms with Gasteiger partial charge in [0.1, 0.15) is 0 Å². The molecule has 116 valence electrons. The summed E-state index contributed by atoms with van der Waals surface area (Å²) in [5.74, 6) is -0.151. The maximum Gasteiger partial charge on any atom is 0.241 e. The summed E-state index contributed by atoms with van der Waals surface area (Å²) in [6.07, 6.45) is 3.08. The fourth-order valence-corrected chi connectivity index (χ4v) is 3.84. The molecule has 0 spiro atoms. The molecule has 1 N–H and O–H groups in total. The molecule has 1 saturated heterocycles. The molecule has 6 heteroatoms. The van der Waals surface area contributed by atoms with Gasteiger partial charge in [0, 0.05) is 12.6 Å². The number of piperidine rings is 1. The lowest BCUT2D eigenvalue weighted by Gasteiger charge is -2.35. The smallest absolute Gasteiger partial charge is 0.241 e. The van der Waals surface area contributed by atoms with E-state index in [1.807, 2.05) is 6.92 Å². The van der Waals surface area contributed by atoms with Crippen molar-refractivity contribution in [2.24, 2.45) is 0 Å². The number of benzene rings is 1. The number of amides is 1. The van der Waals surface area contributed by atoms with Gasteiger partial charge in [-0.2, -0.15) is 4.72 Å². The van der Waals surface area contributed by atoms with Crippen LogP contribution < -0.4 is 4.72 Å². The van der Waals surface area contributed by atoms with Crippen molar-refractivity contribution < 1.29 is 13.2 Å². The van der Waals surface area contributed by atoms with E-state index in [1.54, 1.807) is 30.0 Å². The minimum Gasteiger partial charge on any atom is -0.339 e. The van der Waals surface area contributed by atoms with Crippen LogP contribution in [-0.4, -0.2) is 37.9 Å². The molecule has 2 rings (SSSR count). The van der Waals surface area contributed by atoms with E-state index in [0.717, 1.165) is 19.3 Å². The molecule has 1 aliphatic heterocycles. The molecule has 0 radical (unpaired) electrons. The predicted octanol–water partition coefficient (Wildman–Crippen LogP) is 1.75. The number of likely N-dealkylation sites (tertiary alicyclic amines) is 1. The fourth-order valence-electron chi connectivity index (χ4n) is 2.63. The largest absolute Gasteiger partial charge is 0.339 e. The number of nitrogens with one attached hydrogen (secondary N) is 1. The summed E-state index contributed by atoms with van der Waals surface area (Å²) in [5, 5.41) is 0. The summed E-state index contributed by atoms with van der Waals surface area (Å²) in [6, 6.07) is 7.53. The van der Waals surface area contributed by atoms with E-state index in [0.29, 0.717) is 6.54 Å². The standard InChI is InChI=1S/C15H22N2O3S/c1-12-8-6-7-11-17(12)15(18)13(2)16-21(19,20)14-9-4-3-5-10-14/h3-5,9-10,12-13,16H,6-8,11H2,1-2H3. The number of nitrogens with zero attached hydrogens (tertiary/aromatic N) is 1. The highest BCUT2D eigenvalue weighted by Crippen LogP contribution is 2.18. The Morgan fingerprint density at radius 1 is 1.29 bits per heavy atom. The molecule has 1 aromatic carbocycles. The minimum absolute atomic E-state index is 0.151. The second-order valence-electron chi connectivity index (χ2n) is 5.53. The zero-order chi connectivity index (χ0) is 15.5. The van der Waals surface area contributed by atoms with Crippen molar-refractivity contribution in [3.63, 3.8) is 0 Å². The molecule has 1 aliphatic rings. The van der Waals surface area contributed by atoms with Crippen LogP contribution in [0.1, 0.15) is 33.1 Å². The normalized spacial score (nSPS) is 21.0. The van der Waals surface area contributed by atoms with Crippen LogP contribution in [0, 0.1) is 0 Å². The Hall–Kier alpha value is -1.40. The molecular formula is C15H22N2O3S. The summed E-state index contributed by atoms with van der Waals surface area (Å²) in [5.41, 5.74) is 0. The molecule has 1 aromatic rings. The van der Waals surface area contributed by atoms with E-state index in [4.69, 9.17) is 0 Å². The van der Waals surface area contributed by atoms with Gasteiger partial charge in [-0.3, -0.25) is 4.79 Å². The molecule has 1 amide bonds. The Labute approximate surface area is 126 Å². The number of carbonyl (C=O) groups excluding carboxylic acids is 1. The van der Waals surface area contributed by atoms with Gasteiger partial charge in [0.05, 0.1) is 10.9 Å². The summed E-state index contributed by atoms with van der Waals surface area (Å²) in [4.78, 5) is 14.4. The van der Waals surface area contributed by atoms with Crippen LogP contribution in [0.25, 0.3) is 0 Å². The lowest BCUT2D eigenvalue weighted by atomic mass is 10.0. The number of hydrogen-bond acceptors (Lipinski definition) is 3. The lowest BCUT2D eigenvalue weighted by Crippen LogP contribution is -2.51. The van der Waals surface area contributed by atoms with Crippen LogP contribution in [0.2, 0.25) is 0 Å². The van der Waals surface area contributed by atoms with Crippen molar-refractivity contribution in [1.82, 2.24) is 9.62 Å². The van der Waals surface area contributed by atoms with Crippen LogP contribution in [0.4, 0.5) is 0 Å². The minimum atomic E-state index is -3.66.